The van der Waals surface area contributed by atoms with E-state index in [0.29, 0.717) is 11.5 Å². The fourth-order valence-corrected chi connectivity index (χ4v) is 3.77. The van der Waals surface area contributed by atoms with Crippen molar-refractivity contribution in [2.45, 2.75) is 49.7 Å². The quantitative estimate of drug-likeness (QED) is 0.625. The molecular formula is C18H22FN3O4S. The van der Waals surface area contributed by atoms with Crippen molar-refractivity contribution in [3.05, 3.63) is 47.8 Å². The molecule has 0 fully saturated rings. The van der Waals surface area contributed by atoms with Crippen LogP contribution in [-0.2, 0) is 10.2 Å². The zero-order valence-corrected chi connectivity index (χ0v) is 16.5. The summed E-state index contributed by atoms with van der Waals surface area (Å²) in [6, 6.07) is 6.71. The third-order valence-electron chi connectivity index (χ3n) is 4.26. The molecule has 2 N–H and O–H groups in total. The maximum absolute atomic E-state index is 13.2. The van der Waals surface area contributed by atoms with Crippen LogP contribution < -0.4 is 0 Å². The minimum atomic E-state index is -3.40. The Hall–Kier alpha value is -2.23. The van der Waals surface area contributed by atoms with Crippen LogP contribution in [0, 0.1) is 5.82 Å². The molecule has 0 unspecified atom stereocenters. The Bertz CT molecular complexity index is 942. The molecule has 0 saturated heterocycles. The maximum atomic E-state index is 13.2. The summed E-state index contributed by atoms with van der Waals surface area (Å²) in [5.74, 6) is 0.341. The molecule has 3 rings (SSSR count). The number of aromatic nitrogens is 3. The third kappa shape index (κ3) is 3.50. The monoisotopic (exact) mass is 395 g/mol. The van der Waals surface area contributed by atoms with Crippen molar-refractivity contribution in [1.82, 2.24) is 15.4 Å². The van der Waals surface area contributed by atoms with Gasteiger partial charge in [-0.2, -0.15) is 10.6 Å². The highest BCUT2D eigenvalue weighted by molar-refractivity contribution is 8.25. The molecule has 0 amide bonds. The van der Waals surface area contributed by atoms with Crippen LogP contribution >= 0.6 is 10.6 Å². The van der Waals surface area contributed by atoms with E-state index in [4.69, 9.17) is 8.94 Å². The molecule has 9 heteroatoms. The highest BCUT2D eigenvalue weighted by Crippen LogP contribution is 2.63. The molecule has 146 valence electrons. The Balaban J connectivity index is 1.94. The predicted molar refractivity (Wildman–Crippen MR) is 99.0 cm³/mol. The molecule has 0 aliphatic rings. The lowest BCUT2D eigenvalue weighted by Gasteiger charge is -2.44. The van der Waals surface area contributed by atoms with Crippen molar-refractivity contribution in [3.63, 3.8) is 0 Å². The lowest BCUT2D eigenvalue weighted by molar-refractivity contribution is 0.329. The van der Waals surface area contributed by atoms with E-state index in [1.54, 1.807) is 19.9 Å². The summed E-state index contributed by atoms with van der Waals surface area (Å²) in [6.07, 6.45) is 0. The number of rotatable bonds is 4. The van der Waals surface area contributed by atoms with Gasteiger partial charge < -0.3 is 8.94 Å². The van der Waals surface area contributed by atoms with Gasteiger partial charge in [0.15, 0.2) is 5.69 Å². The molecule has 0 bridgehead atoms. The normalized spacial score (nSPS) is 13.8. The molecular weight excluding hydrogens is 373 g/mol. The first-order valence-corrected chi connectivity index (χ1v) is 9.82. The van der Waals surface area contributed by atoms with Gasteiger partial charge in [0.1, 0.15) is 16.3 Å². The van der Waals surface area contributed by atoms with Crippen molar-refractivity contribution in [1.29, 1.82) is 0 Å². The van der Waals surface area contributed by atoms with E-state index in [1.807, 2.05) is 20.8 Å². The van der Waals surface area contributed by atoms with Gasteiger partial charge in [0.05, 0.1) is 4.90 Å². The minimum Gasteiger partial charge on any atom is -0.417 e. The predicted octanol–water partition coefficient (Wildman–Crippen LogP) is 5.21. The summed E-state index contributed by atoms with van der Waals surface area (Å²) in [6.45, 7) is 9.10. The smallest absolute Gasteiger partial charge is 0.269 e. The second-order valence-electron chi connectivity index (χ2n) is 7.75. The lowest BCUT2D eigenvalue weighted by Crippen LogP contribution is -2.26. The third-order valence-corrected chi connectivity index (χ3v) is 6.79. The van der Waals surface area contributed by atoms with Gasteiger partial charge >= 0.3 is 0 Å². The van der Waals surface area contributed by atoms with Gasteiger partial charge in [0.2, 0.25) is 5.89 Å². The van der Waals surface area contributed by atoms with E-state index >= 15 is 0 Å². The summed E-state index contributed by atoms with van der Waals surface area (Å²) in [5, 5.41) is 11.9. The molecule has 0 aliphatic heterocycles. The standard InChI is InChI=1S/C18H22FN3O4S/c1-17(2,3)14-10-13(22-26-14)15-20-21-16(25-15)18(4,5)27(23,24)12-8-6-11(19)7-9-12/h6-10,23-24H,1-5H3. The second-order valence-corrected chi connectivity index (χ2v) is 10.3. The Morgan fingerprint density at radius 3 is 2.19 bits per heavy atom. The van der Waals surface area contributed by atoms with E-state index in [1.165, 1.54) is 24.3 Å². The Labute approximate surface area is 157 Å². The first-order chi connectivity index (χ1) is 12.4. The highest BCUT2D eigenvalue weighted by Gasteiger charge is 2.42. The molecule has 7 nitrogen and oxygen atoms in total. The molecule has 0 aliphatic carbocycles. The number of hydrogen-bond acceptors (Lipinski definition) is 7. The average Bonchev–Trinajstić information content (AvgIpc) is 3.24. The van der Waals surface area contributed by atoms with Crippen LogP contribution in [0.25, 0.3) is 11.6 Å². The SMILES string of the molecule is CC(C)(C)c1cc(-c2nnc(C(C)(C)S(O)(O)c3ccc(F)cc3)o2)no1. The molecule has 3 aromatic rings. The van der Waals surface area contributed by atoms with Crippen LogP contribution in [0.3, 0.4) is 0 Å². The topological polar surface area (TPSA) is 105 Å². The first-order valence-electron chi connectivity index (χ1n) is 8.28. The highest BCUT2D eigenvalue weighted by atomic mass is 32.3. The summed E-state index contributed by atoms with van der Waals surface area (Å²) < 4.78 is 44.5. The fraction of sp³-hybridized carbons (Fsp3) is 0.389. The number of benzene rings is 1. The zero-order chi connectivity index (χ0) is 20.0. The molecule has 2 heterocycles. The van der Waals surface area contributed by atoms with Gasteiger partial charge in [0.25, 0.3) is 5.89 Å². The van der Waals surface area contributed by atoms with Crippen molar-refractivity contribution in [3.8, 4) is 11.6 Å². The molecule has 27 heavy (non-hydrogen) atoms. The molecule has 0 radical (unpaired) electrons. The van der Waals surface area contributed by atoms with Crippen LogP contribution in [0.2, 0.25) is 0 Å². The minimum absolute atomic E-state index is 0.0298. The number of halogens is 1. The van der Waals surface area contributed by atoms with Crippen molar-refractivity contribution in [2.75, 3.05) is 0 Å². The van der Waals surface area contributed by atoms with Crippen LogP contribution in [0.15, 0.2) is 44.2 Å². The van der Waals surface area contributed by atoms with Crippen LogP contribution in [0.4, 0.5) is 4.39 Å². The second kappa shape index (κ2) is 6.43. The summed E-state index contributed by atoms with van der Waals surface area (Å²) >= 11 is 0. The van der Waals surface area contributed by atoms with E-state index in [0.717, 1.165) is 0 Å². The number of nitrogens with zero attached hydrogens (tertiary/aromatic N) is 3. The first kappa shape index (κ1) is 19.5. The molecule has 0 saturated carbocycles. The fourth-order valence-electron chi connectivity index (χ4n) is 2.34. The van der Waals surface area contributed by atoms with Gasteiger partial charge in [-0.3, -0.25) is 9.11 Å². The van der Waals surface area contributed by atoms with Gasteiger partial charge in [-0.05, 0) is 38.1 Å². The largest absolute Gasteiger partial charge is 0.417 e. The number of hydrogen-bond donors (Lipinski definition) is 2. The van der Waals surface area contributed by atoms with Gasteiger partial charge in [-0.15, -0.1) is 10.2 Å². The van der Waals surface area contributed by atoms with Crippen LogP contribution in [0.5, 0.6) is 0 Å². The molecule has 0 spiro atoms. The molecule has 1 aromatic carbocycles. The van der Waals surface area contributed by atoms with Crippen molar-refractivity contribution in [2.24, 2.45) is 0 Å². The van der Waals surface area contributed by atoms with Crippen LogP contribution in [-0.4, -0.2) is 24.5 Å². The zero-order valence-electron chi connectivity index (χ0n) is 15.7. The summed E-state index contributed by atoms with van der Waals surface area (Å²) in [4.78, 5) is 0.185. The molecule has 2 aromatic heterocycles. The van der Waals surface area contributed by atoms with E-state index < -0.39 is 21.2 Å². The Morgan fingerprint density at radius 2 is 1.63 bits per heavy atom. The maximum Gasteiger partial charge on any atom is 0.269 e. The Kier molecular flexibility index (Phi) is 4.65. The average molecular weight is 395 g/mol. The van der Waals surface area contributed by atoms with Gasteiger partial charge in [0, 0.05) is 11.5 Å². The van der Waals surface area contributed by atoms with Crippen molar-refractivity contribution < 1.29 is 22.4 Å². The van der Waals surface area contributed by atoms with Gasteiger partial charge in [-0.1, -0.05) is 25.9 Å². The van der Waals surface area contributed by atoms with Crippen LogP contribution in [0.1, 0.15) is 46.3 Å². The lowest BCUT2D eigenvalue weighted by atomic mass is 9.93. The summed E-state index contributed by atoms with van der Waals surface area (Å²) in [5.41, 5.74) is 0.138. The van der Waals surface area contributed by atoms with Gasteiger partial charge in [-0.25, -0.2) is 4.39 Å². The van der Waals surface area contributed by atoms with E-state index in [-0.39, 0.29) is 22.1 Å². The Morgan fingerprint density at radius 1 is 1.00 bits per heavy atom. The molecule has 0 atom stereocenters. The summed E-state index contributed by atoms with van der Waals surface area (Å²) in [7, 11) is -3.40. The van der Waals surface area contributed by atoms with Crippen molar-refractivity contribution >= 4 is 10.6 Å². The van der Waals surface area contributed by atoms with E-state index in [2.05, 4.69) is 15.4 Å². The van der Waals surface area contributed by atoms with E-state index in [9.17, 15) is 13.5 Å².